The molecule has 43 heavy (non-hydrogen) atoms. The fourth-order valence-electron chi connectivity index (χ4n) is 5.03. The molecule has 1 atom stereocenters. The average molecular weight is 604 g/mol. The predicted molar refractivity (Wildman–Crippen MR) is 160 cm³/mol. The van der Waals surface area contributed by atoms with Crippen molar-refractivity contribution in [2.75, 3.05) is 20.8 Å². The van der Waals surface area contributed by atoms with Gasteiger partial charge in [0.25, 0.3) is 11.2 Å². The maximum absolute atomic E-state index is 14.0. The van der Waals surface area contributed by atoms with Crippen LogP contribution in [-0.2, 0) is 9.53 Å². The number of fused-ring (bicyclic) bond motifs is 1. The molecule has 0 bridgehead atoms. The van der Waals surface area contributed by atoms with Crippen molar-refractivity contribution in [1.29, 1.82) is 0 Å². The predicted octanol–water partition coefficient (Wildman–Crippen LogP) is 4.60. The first-order chi connectivity index (χ1) is 20.6. The lowest BCUT2D eigenvalue weighted by Crippen LogP contribution is -2.40. The van der Waals surface area contributed by atoms with Gasteiger partial charge in [-0.1, -0.05) is 11.3 Å². The first-order valence-electron chi connectivity index (χ1n) is 13.3. The van der Waals surface area contributed by atoms with Crippen molar-refractivity contribution in [3.63, 3.8) is 0 Å². The van der Waals surface area contributed by atoms with Crippen LogP contribution < -0.4 is 24.4 Å². The van der Waals surface area contributed by atoms with Crippen molar-refractivity contribution in [3.8, 4) is 22.8 Å². The van der Waals surface area contributed by atoms with Crippen LogP contribution in [0.25, 0.3) is 17.4 Å². The quantitative estimate of drug-likeness (QED) is 0.162. The number of ether oxygens (including phenoxy) is 3. The van der Waals surface area contributed by atoms with E-state index in [2.05, 4.69) is 4.99 Å². The highest BCUT2D eigenvalue weighted by Gasteiger charge is 2.35. The molecule has 0 saturated heterocycles. The van der Waals surface area contributed by atoms with E-state index in [1.165, 1.54) is 24.9 Å². The molecule has 0 fully saturated rings. The fourth-order valence-corrected chi connectivity index (χ4v) is 6.05. The third-order valence-corrected chi connectivity index (χ3v) is 8.25. The second-order valence-corrected chi connectivity index (χ2v) is 10.8. The molecule has 0 spiro atoms. The number of nitro benzene ring substituents is 1. The standard InChI is InChI=1S/C31H29N3O8S/c1-7-41-30(36)27-18(4)32-31-33(28(27)22-14-20(39-5)8-11-25(22)40-6)29(35)26(43-31)15-21-9-10-24(42-21)19-12-16(2)17(3)23(13-19)34(37)38/h8-15,28H,7H2,1-6H3. The zero-order valence-corrected chi connectivity index (χ0v) is 25.2. The second kappa shape index (κ2) is 11.7. The van der Waals surface area contributed by atoms with Gasteiger partial charge >= 0.3 is 5.97 Å². The van der Waals surface area contributed by atoms with Gasteiger partial charge in [-0.15, -0.1) is 0 Å². The molecule has 0 saturated carbocycles. The monoisotopic (exact) mass is 603 g/mol. The summed E-state index contributed by atoms with van der Waals surface area (Å²) in [5.74, 6) is 1.18. The van der Waals surface area contributed by atoms with Gasteiger partial charge in [-0.05, 0) is 69.7 Å². The van der Waals surface area contributed by atoms with E-state index in [1.54, 1.807) is 64.1 Å². The molecule has 0 N–H and O–H groups in total. The zero-order valence-electron chi connectivity index (χ0n) is 24.4. The number of benzene rings is 2. The Morgan fingerprint density at radius 1 is 1.14 bits per heavy atom. The van der Waals surface area contributed by atoms with E-state index in [1.807, 2.05) is 6.07 Å². The summed E-state index contributed by atoms with van der Waals surface area (Å²) in [5, 5.41) is 11.5. The lowest BCUT2D eigenvalue weighted by molar-refractivity contribution is -0.385. The molecule has 1 aliphatic heterocycles. The number of hydrogen-bond acceptors (Lipinski definition) is 10. The Labute approximate surface area is 250 Å². The zero-order chi connectivity index (χ0) is 31.0. The molecule has 12 heteroatoms. The molecule has 5 rings (SSSR count). The Hall–Kier alpha value is -4.97. The Morgan fingerprint density at radius 3 is 2.58 bits per heavy atom. The van der Waals surface area contributed by atoms with Crippen molar-refractivity contribution in [2.24, 2.45) is 4.99 Å². The van der Waals surface area contributed by atoms with Gasteiger partial charge in [-0.25, -0.2) is 9.79 Å². The van der Waals surface area contributed by atoms with Gasteiger partial charge in [0.05, 0.1) is 41.6 Å². The van der Waals surface area contributed by atoms with Crippen molar-refractivity contribution in [1.82, 2.24) is 4.57 Å². The van der Waals surface area contributed by atoms with E-state index in [0.717, 1.165) is 16.9 Å². The average Bonchev–Trinajstić information content (AvgIpc) is 3.57. The largest absolute Gasteiger partial charge is 0.497 e. The topological polar surface area (TPSA) is 135 Å². The van der Waals surface area contributed by atoms with Crippen LogP contribution in [0.3, 0.4) is 0 Å². The number of esters is 1. The minimum Gasteiger partial charge on any atom is -0.497 e. The van der Waals surface area contributed by atoms with Gasteiger partial charge in [-0.3, -0.25) is 19.5 Å². The van der Waals surface area contributed by atoms with Gasteiger partial charge in [0.1, 0.15) is 29.1 Å². The van der Waals surface area contributed by atoms with Crippen molar-refractivity contribution in [2.45, 2.75) is 33.7 Å². The number of carbonyl (C=O) groups is 1. The van der Waals surface area contributed by atoms with Crippen LogP contribution in [0.15, 0.2) is 67.9 Å². The summed E-state index contributed by atoms with van der Waals surface area (Å²) in [5.41, 5.74) is 2.66. The molecule has 4 aromatic rings. The Balaban J connectivity index is 1.67. The number of rotatable bonds is 8. The first kappa shape index (κ1) is 29.5. The van der Waals surface area contributed by atoms with E-state index >= 15 is 0 Å². The lowest BCUT2D eigenvalue weighted by Gasteiger charge is -2.26. The number of aromatic nitrogens is 1. The second-order valence-electron chi connectivity index (χ2n) is 9.81. The Kier molecular flexibility index (Phi) is 8.05. The minimum absolute atomic E-state index is 0.00186. The molecule has 0 radical (unpaired) electrons. The summed E-state index contributed by atoms with van der Waals surface area (Å²) < 4.78 is 24.2. The van der Waals surface area contributed by atoms with Crippen molar-refractivity contribution >= 4 is 29.1 Å². The normalized spacial score (nSPS) is 14.7. The Bertz CT molecular complexity index is 1980. The maximum Gasteiger partial charge on any atom is 0.338 e. The van der Waals surface area contributed by atoms with E-state index in [4.69, 9.17) is 18.6 Å². The van der Waals surface area contributed by atoms with E-state index in [9.17, 15) is 19.7 Å². The molecule has 1 unspecified atom stereocenters. The highest BCUT2D eigenvalue weighted by atomic mass is 32.1. The lowest BCUT2D eigenvalue weighted by atomic mass is 9.95. The number of aryl methyl sites for hydroxylation is 1. The van der Waals surface area contributed by atoms with Crippen LogP contribution in [0.2, 0.25) is 0 Å². The van der Waals surface area contributed by atoms with E-state index < -0.39 is 22.5 Å². The number of hydrogen-bond donors (Lipinski definition) is 0. The molecular weight excluding hydrogens is 574 g/mol. The minimum atomic E-state index is -0.897. The number of furan rings is 1. The number of thiazole rings is 1. The third-order valence-electron chi connectivity index (χ3n) is 7.27. The van der Waals surface area contributed by atoms with Gasteiger partial charge in [0.15, 0.2) is 4.80 Å². The summed E-state index contributed by atoms with van der Waals surface area (Å²) in [6.07, 6.45) is 1.59. The number of methoxy groups -OCH3 is 2. The van der Waals surface area contributed by atoms with Crippen LogP contribution in [0.5, 0.6) is 11.5 Å². The number of nitrogens with zero attached hydrogens (tertiary/aromatic N) is 3. The van der Waals surface area contributed by atoms with Crippen LogP contribution in [0.1, 0.15) is 42.3 Å². The fraction of sp³-hybridized carbons (Fsp3) is 0.258. The van der Waals surface area contributed by atoms with E-state index in [-0.39, 0.29) is 17.9 Å². The molecule has 0 amide bonds. The SMILES string of the molecule is CCOC(=O)C1=C(C)N=c2sc(=Cc3ccc(-c4cc(C)c(C)c([N+](=O)[O-])c4)o3)c(=O)n2C1c1cc(OC)ccc1OC. The summed E-state index contributed by atoms with van der Waals surface area (Å²) >= 11 is 1.15. The van der Waals surface area contributed by atoms with Gasteiger partial charge in [0, 0.05) is 28.8 Å². The van der Waals surface area contributed by atoms with Crippen LogP contribution in [0, 0.1) is 24.0 Å². The third kappa shape index (κ3) is 5.37. The molecule has 11 nitrogen and oxygen atoms in total. The summed E-state index contributed by atoms with van der Waals surface area (Å²) in [7, 11) is 3.03. The molecule has 2 aromatic carbocycles. The van der Waals surface area contributed by atoms with E-state index in [0.29, 0.717) is 54.7 Å². The van der Waals surface area contributed by atoms with Crippen LogP contribution in [0.4, 0.5) is 5.69 Å². The molecule has 222 valence electrons. The summed E-state index contributed by atoms with van der Waals surface area (Å²) in [6, 6.07) is 10.9. The van der Waals surface area contributed by atoms with Crippen molar-refractivity contribution < 1.29 is 28.3 Å². The van der Waals surface area contributed by atoms with Gasteiger partial charge in [0.2, 0.25) is 0 Å². The van der Waals surface area contributed by atoms with Gasteiger partial charge < -0.3 is 18.6 Å². The Morgan fingerprint density at radius 2 is 1.91 bits per heavy atom. The van der Waals surface area contributed by atoms with Crippen LogP contribution >= 0.6 is 11.3 Å². The summed E-state index contributed by atoms with van der Waals surface area (Å²) in [6.45, 7) is 7.06. The number of allylic oxidation sites excluding steroid dienone is 1. The molecular formula is C31H29N3O8S. The smallest absolute Gasteiger partial charge is 0.338 e. The number of carbonyl (C=O) groups excluding carboxylic acids is 1. The molecule has 3 heterocycles. The maximum atomic E-state index is 14.0. The molecule has 2 aromatic heterocycles. The highest BCUT2D eigenvalue weighted by molar-refractivity contribution is 7.07. The van der Waals surface area contributed by atoms with Crippen molar-refractivity contribution in [3.05, 3.63) is 106 Å². The van der Waals surface area contributed by atoms with Crippen LogP contribution in [-0.4, -0.2) is 36.3 Å². The molecule has 1 aliphatic rings. The molecule has 0 aliphatic carbocycles. The summed E-state index contributed by atoms with van der Waals surface area (Å²) in [4.78, 5) is 43.3. The first-order valence-corrected chi connectivity index (χ1v) is 14.2. The van der Waals surface area contributed by atoms with Gasteiger partial charge in [-0.2, -0.15) is 0 Å². The highest BCUT2D eigenvalue weighted by Crippen LogP contribution is 2.38. The number of nitro groups is 1.